The van der Waals surface area contributed by atoms with Crippen molar-refractivity contribution in [2.75, 3.05) is 39.3 Å². The molecule has 4 fully saturated rings. The number of carbonyl (C=O) groups excluding carboxylic acids is 3. The first-order valence-electron chi connectivity index (χ1n) is 26.2. The van der Waals surface area contributed by atoms with Crippen molar-refractivity contribution in [3.05, 3.63) is 180 Å². The number of likely N-dealkylation sites (tertiary alicyclic amines) is 4. The van der Waals surface area contributed by atoms with E-state index in [0.29, 0.717) is 18.1 Å². The van der Waals surface area contributed by atoms with Crippen molar-refractivity contribution >= 4 is 17.8 Å². The van der Waals surface area contributed by atoms with E-state index in [4.69, 9.17) is 14.7 Å². The molecule has 5 aromatic carbocycles. The minimum absolute atomic E-state index is 0.0767. The van der Waals surface area contributed by atoms with E-state index in [1.54, 1.807) is 0 Å². The zero-order chi connectivity index (χ0) is 48.8. The maximum Gasteiger partial charge on any atom is 0.359 e. The van der Waals surface area contributed by atoms with Gasteiger partial charge in [0.05, 0.1) is 29.7 Å². The van der Waals surface area contributed by atoms with Crippen LogP contribution < -0.4 is 0 Å². The lowest BCUT2D eigenvalue weighted by Crippen LogP contribution is -2.44. The van der Waals surface area contributed by atoms with Crippen molar-refractivity contribution in [3.8, 4) is 33.6 Å². The Morgan fingerprint density at radius 2 is 0.986 bits per heavy atom. The zero-order valence-electron chi connectivity index (χ0n) is 41.0. The SMILES string of the molecule is O=C(OCc1ccccc1)c1nc(C2CCCN2C(=O)[C@@H](c2ccccc2)N2CCCCC2)[nH]c1-c1ccc(-c2ccc(-c3cnc([C@@H]4CCCN4C(=O)[C@@H](c4ccccc4)N4CCCCC4)[nH]3)cc2)cc1. The van der Waals surface area contributed by atoms with E-state index < -0.39 is 5.97 Å². The molecule has 6 heterocycles. The van der Waals surface area contributed by atoms with Crippen LogP contribution in [-0.4, -0.2) is 96.6 Å². The summed E-state index contributed by atoms with van der Waals surface area (Å²) in [6.07, 6.45) is 12.1. The van der Waals surface area contributed by atoms with Gasteiger partial charge in [-0.05, 0) is 111 Å². The molecule has 2 N–H and O–H groups in total. The highest BCUT2D eigenvalue weighted by atomic mass is 16.5. The summed E-state index contributed by atoms with van der Waals surface area (Å²) in [5.41, 5.74) is 8.49. The van der Waals surface area contributed by atoms with Crippen molar-refractivity contribution in [1.82, 2.24) is 39.5 Å². The van der Waals surface area contributed by atoms with Crippen LogP contribution in [0.2, 0.25) is 0 Å². The van der Waals surface area contributed by atoms with Gasteiger partial charge < -0.3 is 24.5 Å². The molecule has 4 saturated heterocycles. The number of imidazole rings is 2. The van der Waals surface area contributed by atoms with E-state index in [2.05, 4.69) is 85.3 Å². The van der Waals surface area contributed by atoms with Crippen molar-refractivity contribution in [2.24, 2.45) is 0 Å². The molecule has 4 aliphatic heterocycles. The number of carbonyl (C=O) groups is 3. The summed E-state index contributed by atoms with van der Waals surface area (Å²) in [5.74, 6) is 1.14. The Kier molecular flexibility index (Phi) is 14.2. The molecule has 4 aliphatic rings. The van der Waals surface area contributed by atoms with Gasteiger partial charge in [0, 0.05) is 18.7 Å². The average Bonchev–Trinajstić information content (AvgIpc) is 4.30. The largest absolute Gasteiger partial charge is 0.456 e. The normalized spacial score (nSPS) is 19.6. The lowest BCUT2D eigenvalue weighted by Gasteiger charge is -2.37. The van der Waals surface area contributed by atoms with E-state index in [9.17, 15) is 14.4 Å². The number of benzene rings is 5. The second kappa shape index (κ2) is 21.7. The number of esters is 1. The molecule has 0 saturated carbocycles. The van der Waals surface area contributed by atoms with E-state index in [0.717, 1.165) is 135 Å². The fraction of sp³-hybridized carbons (Fsp3) is 0.350. The average molecular weight is 961 g/mol. The molecule has 0 aliphatic carbocycles. The molecule has 0 spiro atoms. The van der Waals surface area contributed by atoms with Gasteiger partial charge in [0.2, 0.25) is 11.8 Å². The van der Waals surface area contributed by atoms with Crippen molar-refractivity contribution in [3.63, 3.8) is 0 Å². The number of piperidine rings is 2. The van der Waals surface area contributed by atoms with E-state index in [-0.39, 0.29) is 48.3 Å². The fourth-order valence-corrected chi connectivity index (χ4v) is 11.6. The van der Waals surface area contributed by atoms with Gasteiger partial charge in [-0.2, -0.15) is 0 Å². The number of nitrogens with zero attached hydrogens (tertiary/aromatic N) is 6. The highest BCUT2D eigenvalue weighted by Crippen LogP contribution is 2.39. The van der Waals surface area contributed by atoms with Crippen LogP contribution in [0.15, 0.2) is 146 Å². The van der Waals surface area contributed by atoms with Crippen LogP contribution >= 0.6 is 0 Å². The molecule has 0 radical (unpaired) electrons. The molecule has 2 amide bonds. The Bertz CT molecular complexity index is 2930. The quantitative estimate of drug-likeness (QED) is 0.103. The highest BCUT2D eigenvalue weighted by Gasteiger charge is 2.41. The predicted molar refractivity (Wildman–Crippen MR) is 279 cm³/mol. The molecule has 2 aromatic heterocycles. The Hall–Kier alpha value is -7.15. The Morgan fingerprint density at radius 3 is 1.51 bits per heavy atom. The topological polar surface area (TPSA) is 131 Å². The van der Waals surface area contributed by atoms with Crippen LogP contribution in [-0.2, 0) is 20.9 Å². The standard InChI is InChI=1S/C60H64N8O4/c69-58(54(47-20-8-2-9-21-47)65-34-12-4-13-35-65)67-38-16-24-50(67)56-61-40-49(62-56)45-30-26-43(27-31-45)44-28-32-46(33-29-44)52-53(60(71)72-41-42-18-6-1-7-19-42)64-57(63-52)51-25-17-39-68(51)59(70)55(48-22-10-3-11-23-48)66-36-14-5-15-37-66/h1-3,6-11,18-23,26-33,40,50-51,54-55H,4-5,12-17,24-25,34-39,41H2,(H,61,62)(H,63,64)/t50-,51?,54+,55+/m0/s1. The van der Waals surface area contributed by atoms with Gasteiger partial charge in [0.25, 0.3) is 0 Å². The molecule has 0 bridgehead atoms. The smallest absolute Gasteiger partial charge is 0.359 e. The lowest BCUT2D eigenvalue weighted by atomic mass is 10.00. The van der Waals surface area contributed by atoms with E-state index in [1.165, 1.54) is 12.8 Å². The Labute approximate surface area is 422 Å². The van der Waals surface area contributed by atoms with Gasteiger partial charge in [-0.1, -0.05) is 152 Å². The second-order valence-corrected chi connectivity index (χ2v) is 19.9. The van der Waals surface area contributed by atoms with Gasteiger partial charge >= 0.3 is 5.97 Å². The maximum atomic E-state index is 14.8. The molecule has 7 aromatic rings. The van der Waals surface area contributed by atoms with Crippen LogP contribution in [0.4, 0.5) is 0 Å². The molecule has 11 rings (SSSR count). The van der Waals surface area contributed by atoms with Crippen LogP contribution in [0.1, 0.15) is 127 Å². The summed E-state index contributed by atoms with van der Waals surface area (Å²) in [6, 6.07) is 45.5. The van der Waals surface area contributed by atoms with Crippen LogP contribution in [0.3, 0.4) is 0 Å². The molecular weight excluding hydrogens is 897 g/mol. The summed E-state index contributed by atoms with van der Waals surface area (Å²) in [5, 5.41) is 0. The number of amides is 2. The predicted octanol–water partition coefficient (Wildman–Crippen LogP) is 11.3. The summed E-state index contributed by atoms with van der Waals surface area (Å²) in [4.78, 5) is 69.1. The molecule has 12 nitrogen and oxygen atoms in total. The molecule has 368 valence electrons. The first-order valence-corrected chi connectivity index (χ1v) is 26.2. The molecule has 72 heavy (non-hydrogen) atoms. The minimum Gasteiger partial charge on any atom is -0.456 e. The first-order chi connectivity index (χ1) is 35.5. The number of hydrogen-bond donors (Lipinski definition) is 2. The molecule has 1 unspecified atom stereocenters. The lowest BCUT2D eigenvalue weighted by molar-refractivity contribution is -0.139. The van der Waals surface area contributed by atoms with Crippen molar-refractivity contribution in [2.45, 2.75) is 95.0 Å². The Morgan fingerprint density at radius 1 is 0.514 bits per heavy atom. The number of hydrogen-bond acceptors (Lipinski definition) is 8. The van der Waals surface area contributed by atoms with Crippen molar-refractivity contribution in [1.29, 1.82) is 0 Å². The van der Waals surface area contributed by atoms with Crippen molar-refractivity contribution < 1.29 is 19.1 Å². The molecular formula is C60H64N8O4. The summed E-state index contributed by atoms with van der Waals surface area (Å²) in [6.45, 7) is 5.10. The third kappa shape index (κ3) is 10.0. The van der Waals surface area contributed by atoms with Gasteiger partial charge in [-0.15, -0.1) is 0 Å². The first kappa shape index (κ1) is 47.2. The zero-order valence-corrected chi connectivity index (χ0v) is 41.0. The number of H-pyrrole nitrogens is 2. The number of ether oxygens (including phenoxy) is 1. The van der Waals surface area contributed by atoms with Crippen LogP contribution in [0, 0.1) is 0 Å². The van der Waals surface area contributed by atoms with E-state index in [1.807, 2.05) is 90.0 Å². The third-order valence-electron chi connectivity index (χ3n) is 15.3. The fourth-order valence-electron chi connectivity index (χ4n) is 11.6. The van der Waals surface area contributed by atoms with Gasteiger partial charge in [-0.25, -0.2) is 14.8 Å². The van der Waals surface area contributed by atoms with Gasteiger partial charge in [0.15, 0.2) is 5.69 Å². The Balaban J connectivity index is 0.821. The number of aromatic nitrogens is 4. The van der Waals surface area contributed by atoms with Gasteiger partial charge in [-0.3, -0.25) is 19.4 Å². The van der Waals surface area contributed by atoms with Crippen LogP contribution in [0.25, 0.3) is 33.6 Å². The maximum absolute atomic E-state index is 14.8. The third-order valence-corrected chi connectivity index (χ3v) is 15.3. The molecule has 4 atom stereocenters. The minimum atomic E-state index is -0.523. The monoisotopic (exact) mass is 961 g/mol. The molecule has 12 heteroatoms. The number of aromatic amines is 2. The number of rotatable bonds is 14. The van der Waals surface area contributed by atoms with Crippen LogP contribution in [0.5, 0.6) is 0 Å². The highest BCUT2D eigenvalue weighted by molar-refractivity contribution is 5.95. The summed E-state index contributed by atoms with van der Waals surface area (Å²) >= 11 is 0. The summed E-state index contributed by atoms with van der Waals surface area (Å²) < 4.78 is 5.90. The van der Waals surface area contributed by atoms with Gasteiger partial charge in [0.1, 0.15) is 30.3 Å². The summed E-state index contributed by atoms with van der Waals surface area (Å²) in [7, 11) is 0. The number of nitrogens with one attached hydrogen (secondary N) is 2. The van der Waals surface area contributed by atoms with E-state index >= 15 is 0 Å². The second-order valence-electron chi connectivity index (χ2n) is 19.9.